The smallest absolute Gasteiger partial charge is 0.238 e. The standard InChI is InChI=1S/C26H32N4O4S/c1-5-14-29(17-26(32)28-24-9-7-6-8-18(24)2)16-25(31)23-15-19(3)30(20(23)4)21-10-12-22(13-11-21)35(27,33)34/h6-13,15H,5,14,16-17H2,1-4H3,(H,28,32)(H2,27,33,34). The van der Waals surface area contributed by atoms with Gasteiger partial charge in [-0.2, -0.15) is 0 Å². The van der Waals surface area contributed by atoms with Gasteiger partial charge in [-0.05, 0) is 75.7 Å². The molecule has 1 amide bonds. The summed E-state index contributed by atoms with van der Waals surface area (Å²) in [5.41, 5.74) is 4.62. The summed E-state index contributed by atoms with van der Waals surface area (Å²) in [6.45, 7) is 8.51. The van der Waals surface area contributed by atoms with Gasteiger partial charge in [-0.25, -0.2) is 13.6 Å². The van der Waals surface area contributed by atoms with Crippen LogP contribution >= 0.6 is 0 Å². The van der Waals surface area contributed by atoms with Crippen molar-refractivity contribution in [1.29, 1.82) is 0 Å². The quantitative estimate of drug-likeness (QED) is 0.417. The zero-order valence-corrected chi connectivity index (χ0v) is 21.4. The fourth-order valence-electron chi connectivity index (χ4n) is 4.15. The minimum absolute atomic E-state index is 0.0270. The van der Waals surface area contributed by atoms with Crippen molar-refractivity contribution in [2.24, 2.45) is 5.14 Å². The summed E-state index contributed by atoms with van der Waals surface area (Å²) in [6, 6.07) is 15.6. The number of nitrogens with two attached hydrogens (primary N) is 1. The molecule has 35 heavy (non-hydrogen) atoms. The number of anilines is 1. The van der Waals surface area contributed by atoms with Crippen LogP contribution in [0, 0.1) is 20.8 Å². The van der Waals surface area contributed by atoms with E-state index in [2.05, 4.69) is 5.32 Å². The number of hydrogen-bond acceptors (Lipinski definition) is 5. The van der Waals surface area contributed by atoms with Crippen LogP contribution in [-0.4, -0.2) is 49.2 Å². The van der Waals surface area contributed by atoms with Crippen molar-refractivity contribution in [3.8, 4) is 5.69 Å². The minimum atomic E-state index is -3.78. The SMILES string of the molecule is CCCN(CC(=O)Nc1ccccc1C)CC(=O)c1cc(C)n(-c2ccc(S(N)(=O)=O)cc2)c1C. The van der Waals surface area contributed by atoms with E-state index in [0.717, 1.165) is 34.7 Å². The van der Waals surface area contributed by atoms with E-state index in [1.165, 1.54) is 12.1 Å². The number of primary sulfonamides is 1. The van der Waals surface area contributed by atoms with E-state index >= 15 is 0 Å². The number of carbonyl (C=O) groups excluding carboxylic acids is 2. The molecule has 0 bridgehead atoms. The molecule has 2 aromatic carbocycles. The fraction of sp³-hybridized carbons (Fsp3) is 0.308. The second-order valence-electron chi connectivity index (χ2n) is 8.66. The summed E-state index contributed by atoms with van der Waals surface area (Å²) < 4.78 is 25.0. The zero-order valence-electron chi connectivity index (χ0n) is 20.5. The topological polar surface area (TPSA) is 114 Å². The number of hydrogen-bond donors (Lipinski definition) is 2. The molecule has 1 aromatic heterocycles. The van der Waals surface area contributed by atoms with Gasteiger partial charge < -0.3 is 9.88 Å². The molecule has 8 nitrogen and oxygen atoms in total. The Bertz CT molecular complexity index is 1330. The first kappa shape index (κ1) is 26.3. The van der Waals surface area contributed by atoms with Gasteiger partial charge in [0.05, 0.1) is 18.0 Å². The van der Waals surface area contributed by atoms with Crippen LogP contribution in [0.3, 0.4) is 0 Å². The molecule has 9 heteroatoms. The van der Waals surface area contributed by atoms with Crippen molar-refractivity contribution in [2.45, 2.75) is 39.0 Å². The Balaban J connectivity index is 1.76. The van der Waals surface area contributed by atoms with E-state index in [0.29, 0.717) is 12.1 Å². The molecule has 3 N–H and O–H groups in total. The first-order valence-corrected chi connectivity index (χ1v) is 13.0. The summed E-state index contributed by atoms with van der Waals surface area (Å²) in [5, 5.41) is 8.12. The normalized spacial score (nSPS) is 11.6. The van der Waals surface area contributed by atoms with Gasteiger partial charge in [0.25, 0.3) is 0 Å². The third-order valence-electron chi connectivity index (χ3n) is 5.85. The zero-order chi connectivity index (χ0) is 25.8. The van der Waals surface area contributed by atoms with Gasteiger partial charge in [0, 0.05) is 28.3 Å². The number of amides is 1. The van der Waals surface area contributed by atoms with E-state index in [1.807, 2.05) is 67.5 Å². The molecule has 1 heterocycles. The molecule has 0 aliphatic heterocycles. The van der Waals surface area contributed by atoms with E-state index in [1.54, 1.807) is 12.1 Å². The fourth-order valence-corrected chi connectivity index (χ4v) is 4.67. The lowest BCUT2D eigenvalue weighted by molar-refractivity contribution is -0.117. The van der Waals surface area contributed by atoms with Gasteiger partial charge in [0.2, 0.25) is 15.9 Å². The number of nitrogens with zero attached hydrogens (tertiary/aromatic N) is 2. The first-order valence-electron chi connectivity index (χ1n) is 11.4. The molecule has 0 saturated heterocycles. The van der Waals surface area contributed by atoms with Gasteiger partial charge >= 0.3 is 0 Å². The molecule has 0 spiro atoms. The molecule has 0 unspecified atom stereocenters. The molecule has 0 fully saturated rings. The van der Waals surface area contributed by atoms with Crippen molar-refractivity contribution in [3.05, 3.63) is 77.1 Å². The summed E-state index contributed by atoms with van der Waals surface area (Å²) >= 11 is 0. The van der Waals surface area contributed by atoms with Crippen LogP contribution in [-0.2, 0) is 14.8 Å². The number of benzene rings is 2. The third-order valence-corrected chi connectivity index (χ3v) is 6.78. The lowest BCUT2D eigenvalue weighted by Crippen LogP contribution is -2.37. The van der Waals surface area contributed by atoms with Gasteiger partial charge in [-0.1, -0.05) is 25.1 Å². The number of Topliss-reactive ketones (excluding diaryl/α,β-unsaturated/α-hetero) is 1. The van der Waals surface area contributed by atoms with Gasteiger partial charge in [0.1, 0.15) is 0 Å². The third kappa shape index (κ3) is 6.45. The molecule has 186 valence electrons. The maximum absolute atomic E-state index is 13.2. The predicted octanol–water partition coefficient (Wildman–Crippen LogP) is 3.58. The average molecular weight is 497 g/mol. The maximum Gasteiger partial charge on any atom is 0.238 e. The monoisotopic (exact) mass is 496 g/mol. The van der Waals surface area contributed by atoms with Crippen LogP contribution in [0.25, 0.3) is 5.69 Å². The number of para-hydroxylation sites is 1. The van der Waals surface area contributed by atoms with E-state index in [-0.39, 0.29) is 29.7 Å². The van der Waals surface area contributed by atoms with Crippen LogP contribution in [0.5, 0.6) is 0 Å². The number of nitrogens with one attached hydrogen (secondary N) is 1. The molecule has 3 rings (SSSR count). The number of rotatable bonds is 10. The highest BCUT2D eigenvalue weighted by molar-refractivity contribution is 7.89. The summed E-state index contributed by atoms with van der Waals surface area (Å²) in [5.74, 6) is -0.247. The number of aryl methyl sites for hydroxylation is 2. The second kappa shape index (κ2) is 11.0. The van der Waals surface area contributed by atoms with Gasteiger partial charge in [0.15, 0.2) is 5.78 Å². The Morgan fingerprint density at radius 3 is 2.26 bits per heavy atom. The highest BCUT2D eigenvalue weighted by Gasteiger charge is 2.21. The molecule has 0 saturated carbocycles. The van der Waals surface area contributed by atoms with Crippen molar-refractivity contribution < 1.29 is 18.0 Å². The van der Waals surface area contributed by atoms with Crippen molar-refractivity contribution >= 4 is 27.4 Å². The molecule has 0 aliphatic carbocycles. The Hall–Kier alpha value is -3.27. The highest BCUT2D eigenvalue weighted by atomic mass is 32.2. The van der Waals surface area contributed by atoms with Crippen LogP contribution < -0.4 is 10.5 Å². The Kier molecular flexibility index (Phi) is 8.26. The van der Waals surface area contributed by atoms with E-state index in [4.69, 9.17) is 5.14 Å². The number of sulfonamides is 1. The number of ketones is 1. The van der Waals surface area contributed by atoms with Crippen molar-refractivity contribution in [3.63, 3.8) is 0 Å². The highest BCUT2D eigenvalue weighted by Crippen LogP contribution is 2.23. The van der Waals surface area contributed by atoms with Gasteiger partial charge in [-0.3, -0.25) is 14.5 Å². The molecular formula is C26H32N4O4S. The van der Waals surface area contributed by atoms with E-state index in [9.17, 15) is 18.0 Å². The number of aromatic nitrogens is 1. The largest absolute Gasteiger partial charge is 0.325 e. The molecule has 0 radical (unpaired) electrons. The van der Waals surface area contributed by atoms with Crippen LogP contribution in [0.2, 0.25) is 0 Å². The van der Waals surface area contributed by atoms with E-state index < -0.39 is 10.0 Å². The van der Waals surface area contributed by atoms with Gasteiger partial charge in [-0.15, -0.1) is 0 Å². The Morgan fingerprint density at radius 1 is 1.00 bits per heavy atom. The summed E-state index contributed by atoms with van der Waals surface area (Å²) in [4.78, 5) is 27.8. The average Bonchev–Trinajstić information content (AvgIpc) is 3.09. The Morgan fingerprint density at radius 2 is 1.66 bits per heavy atom. The summed E-state index contributed by atoms with van der Waals surface area (Å²) in [7, 11) is -3.78. The van der Waals surface area contributed by atoms with Crippen molar-refractivity contribution in [1.82, 2.24) is 9.47 Å². The predicted molar refractivity (Wildman–Crippen MR) is 137 cm³/mol. The minimum Gasteiger partial charge on any atom is -0.325 e. The second-order valence-corrected chi connectivity index (χ2v) is 10.2. The molecular weight excluding hydrogens is 464 g/mol. The molecule has 0 atom stereocenters. The van der Waals surface area contributed by atoms with Crippen LogP contribution in [0.4, 0.5) is 5.69 Å². The molecule has 0 aliphatic rings. The first-order chi connectivity index (χ1) is 16.5. The number of carbonyl (C=O) groups is 2. The Labute approximate surface area is 206 Å². The van der Waals surface area contributed by atoms with Crippen LogP contribution in [0.1, 0.15) is 40.7 Å². The lowest BCUT2D eigenvalue weighted by Gasteiger charge is -2.20. The summed E-state index contributed by atoms with van der Waals surface area (Å²) in [6.07, 6.45) is 0.806. The van der Waals surface area contributed by atoms with Crippen molar-refractivity contribution in [2.75, 3.05) is 25.0 Å². The lowest BCUT2D eigenvalue weighted by atomic mass is 10.1. The van der Waals surface area contributed by atoms with Crippen LogP contribution in [0.15, 0.2) is 59.5 Å². The molecule has 3 aromatic rings. The maximum atomic E-state index is 13.2.